The van der Waals surface area contributed by atoms with Crippen LogP contribution in [0.1, 0.15) is 28.5 Å². The van der Waals surface area contributed by atoms with Crippen LogP contribution in [0.4, 0.5) is 5.82 Å². The lowest BCUT2D eigenvalue weighted by Gasteiger charge is -2.40. The SMILES string of the molecule is COc1ccc(C(OC[C@@]23CN[C@@H]([C@H](n4cc(C)c(N)nc4=O)O2)[C@@H]3O)(c2ccccc2)c2ccc(OC)cc2)cc1. The van der Waals surface area contributed by atoms with Crippen LogP contribution in [0, 0.1) is 6.92 Å². The van der Waals surface area contributed by atoms with Crippen molar-refractivity contribution in [2.24, 2.45) is 0 Å². The lowest BCUT2D eigenvalue weighted by atomic mass is 9.79. The van der Waals surface area contributed by atoms with Crippen LogP contribution in [-0.4, -0.2) is 59.8 Å². The summed E-state index contributed by atoms with van der Waals surface area (Å²) in [7, 11) is 3.25. The molecule has 42 heavy (non-hydrogen) atoms. The molecule has 2 saturated heterocycles. The zero-order chi connectivity index (χ0) is 29.5. The molecule has 3 heterocycles. The monoisotopic (exact) mass is 570 g/mol. The molecule has 0 aliphatic carbocycles. The van der Waals surface area contributed by atoms with Crippen molar-refractivity contribution in [1.82, 2.24) is 14.9 Å². The number of aliphatic hydroxyl groups excluding tert-OH is 1. The minimum absolute atomic E-state index is 0.0112. The molecule has 2 bridgehead atoms. The van der Waals surface area contributed by atoms with Crippen LogP contribution < -0.4 is 26.2 Å². The van der Waals surface area contributed by atoms with E-state index in [0.717, 1.165) is 16.7 Å². The van der Waals surface area contributed by atoms with Gasteiger partial charge in [-0.1, -0.05) is 54.6 Å². The van der Waals surface area contributed by atoms with Gasteiger partial charge >= 0.3 is 5.69 Å². The van der Waals surface area contributed by atoms with Gasteiger partial charge in [0.05, 0.1) is 26.9 Å². The molecule has 0 spiro atoms. The molecule has 2 fully saturated rings. The number of benzene rings is 3. The smallest absolute Gasteiger partial charge is 0.351 e. The summed E-state index contributed by atoms with van der Waals surface area (Å²) in [6.45, 7) is 2.12. The summed E-state index contributed by atoms with van der Waals surface area (Å²) >= 11 is 0. The summed E-state index contributed by atoms with van der Waals surface area (Å²) in [5, 5.41) is 14.8. The first-order valence-electron chi connectivity index (χ1n) is 13.7. The second-order valence-corrected chi connectivity index (χ2v) is 10.7. The molecule has 3 aromatic carbocycles. The van der Waals surface area contributed by atoms with Crippen LogP contribution >= 0.6 is 0 Å². The normalized spacial score (nSPS) is 23.2. The fourth-order valence-corrected chi connectivity index (χ4v) is 5.98. The first-order chi connectivity index (χ1) is 20.3. The van der Waals surface area contributed by atoms with Crippen molar-refractivity contribution >= 4 is 5.82 Å². The van der Waals surface area contributed by atoms with Crippen molar-refractivity contribution in [3.8, 4) is 11.5 Å². The van der Waals surface area contributed by atoms with Gasteiger partial charge < -0.3 is 35.1 Å². The van der Waals surface area contributed by atoms with Gasteiger partial charge in [-0.2, -0.15) is 4.98 Å². The number of nitrogens with one attached hydrogen (secondary N) is 1. The van der Waals surface area contributed by atoms with Crippen molar-refractivity contribution in [1.29, 1.82) is 0 Å². The summed E-state index contributed by atoms with van der Waals surface area (Å²) in [5.41, 5.74) is 6.32. The van der Waals surface area contributed by atoms with Gasteiger partial charge in [0.25, 0.3) is 0 Å². The molecule has 10 heteroatoms. The second kappa shape index (κ2) is 10.9. The Labute approximate surface area is 243 Å². The van der Waals surface area contributed by atoms with E-state index in [0.29, 0.717) is 23.6 Å². The zero-order valence-electron chi connectivity index (χ0n) is 23.7. The Morgan fingerprint density at radius 1 is 1.00 bits per heavy atom. The number of aryl methyl sites for hydroxylation is 1. The molecule has 0 unspecified atom stereocenters. The molecule has 4 atom stereocenters. The zero-order valence-corrected chi connectivity index (χ0v) is 23.7. The van der Waals surface area contributed by atoms with E-state index < -0.39 is 35.3 Å². The maximum atomic E-state index is 12.8. The highest BCUT2D eigenvalue weighted by Crippen LogP contribution is 2.46. The molecular weight excluding hydrogens is 536 g/mol. The number of nitrogens with zero attached hydrogens (tertiary/aromatic N) is 2. The number of morpholine rings is 1. The van der Waals surface area contributed by atoms with Crippen LogP contribution in [0.3, 0.4) is 0 Å². The minimum Gasteiger partial charge on any atom is -0.497 e. The number of hydrogen-bond acceptors (Lipinski definition) is 9. The molecule has 2 aliphatic rings. The lowest BCUT2D eigenvalue weighted by Crippen LogP contribution is -2.50. The predicted octanol–water partition coefficient (Wildman–Crippen LogP) is 2.76. The number of hydrogen-bond donors (Lipinski definition) is 3. The molecule has 4 N–H and O–H groups in total. The first-order valence-corrected chi connectivity index (χ1v) is 13.7. The van der Waals surface area contributed by atoms with Crippen LogP contribution in [-0.2, 0) is 15.1 Å². The molecule has 218 valence electrons. The molecule has 2 aliphatic heterocycles. The Morgan fingerprint density at radius 3 is 2.14 bits per heavy atom. The van der Waals surface area contributed by atoms with Gasteiger partial charge in [-0.25, -0.2) is 4.79 Å². The van der Waals surface area contributed by atoms with Crippen LogP contribution in [0.15, 0.2) is 89.9 Å². The van der Waals surface area contributed by atoms with E-state index in [9.17, 15) is 9.90 Å². The first kappa shape index (κ1) is 27.9. The third-order valence-corrected chi connectivity index (χ3v) is 8.33. The Kier molecular flexibility index (Phi) is 7.24. The van der Waals surface area contributed by atoms with Crippen molar-refractivity contribution < 1.29 is 24.1 Å². The van der Waals surface area contributed by atoms with Crippen molar-refractivity contribution in [2.75, 3.05) is 33.1 Å². The van der Waals surface area contributed by atoms with Crippen molar-refractivity contribution in [3.63, 3.8) is 0 Å². The number of fused-ring (bicyclic) bond motifs is 2. The van der Waals surface area contributed by atoms with Gasteiger partial charge in [-0.15, -0.1) is 0 Å². The number of aromatic nitrogens is 2. The van der Waals surface area contributed by atoms with Gasteiger partial charge in [-0.05, 0) is 47.9 Å². The fraction of sp³-hybridized carbons (Fsp3) is 0.312. The maximum absolute atomic E-state index is 12.8. The van der Waals surface area contributed by atoms with Crippen LogP contribution in [0.2, 0.25) is 0 Å². The molecule has 10 nitrogen and oxygen atoms in total. The van der Waals surface area contributed by atoms with Crippen LogP contribution in [0.25, 0.3) is 0 Å². The molecule has 0 saturated carbocycles. The standard InChI is InChI=1S/C32H34N4O6/c1-20-17-36(30(38)35-28(20)33)29-26-27(37)31(42-29,18-34-26)19-41-32(21-7-5-4-6-8-21,22-9-13-24(39-2)14-10-22)23-11-15-25(40-3)16-12-23/h4-17,26-27,29,34,37H,18-19H2,1-3H3,(H2,33,35,38)/t26-,27+,29-,31-/m1/s1. The molecule has 1 aromatic heterocycles. The number of nitrogen functional groups attached to an aromatic ring is 1. The second-order valence-electron chi connectivity index (χ2n) is 10.7. The number of nitrogens with two attached hydrogens (primary N) is 1. The van der Waals surface area contributed by atoms with Gasteiger partial charge in [0.15, 0.2) is 6.23 Å². The quantitative estimate of drug-likeness (QED) is 0.260. The van der Waals surface area contributed by atoms with Gasteiger partial charge in [0, 0.05) is 18.3 Å². The summed E-state index contributed by atoms with van der Waals surface area (Å²) in [4.78, 5) is 16.7. The maximum Gasteiger partial charge on any atom is 0.351 e. The Hall–Kier alpha value is -4.22. The third kappa shape index (κ3) is 4.53. The predicted molar refractivity (Wildman–Crippen MR) is 157 cm³/mol. The van der Waals surface area contributed by atoms with E-state index in [4.69, 9.17) is 24.7 Å². The average molecular weight is 571 g/mol. The van der Waals surface area contributed by atoms with E-state index in [-0.39, 0.29) is 12.4 Å². The molecule has 6 rings (SSSR count). The summed E-state index contributed by atoms with van der Waals surface area (Å²) in [6, 6.07) is 24.8. The van der Waals surface area contributed by atoms with E-state index in [1.54, 1.807) is 27.3 Å². The van der Waals surface area contributed by atoms with E-state index >= 15 is 0 Å². The van der Waals surface area contributed by atoms with Gasteiger partial charge in [-0.3, -0.25) is 4.57 Å². The highest BCUT2D eigenvalue weighted by molar-refractivity contribution is 5.50. The topological polar surface area (TPSA) is 130 Å². The summed E-state index contributed by atoms with van der Waals surface area (Å²) in [5.74, 6) is 1.59. The van der Waals surface area contributed by atoms with E-state index in [1.165, 1.54) is 4.57 Å². The van der Waals surface area contributed by atoms with E-state index in [1.807, 2.05) is 78.9 Å². The molecular formula is C32H34N4O6. The number of methoxy groups -OCH3 is 2. The highest BCUT2D eigenvalue weighted by atomic mass is 16.6. The van der Waals surface area contributed by atoms with Gasteiger partial charge in [0.2, 0.25) is 0 Å². The lowest BCUT2D eigenvalue weighted by molar-refractivity contribution is -0.162. The number of rotatable bonds is 9. The van der Waals surface area contributed by atoms with Crippen molar-refractivity contribution in [2.45, 2.75) is 36.5 Å². The van der Waals surface area contributed by atoms with Crippen molar-refractivity contribution in [3.05, 3.63) is 118 Å². The highest BCUT2D eigenvalue weighted by Gasteiger charge is 2.61. The van der Waals surface area contributed by atoms with E-state index in [2.05, 4.69) is 10.3 Å². The summed E-state index contributed by atoms with van der Waals surface area (Å²) < 4.78 is 25.8. The Bertz CT molecular complexity index is 1560. The van der Waals surface area contributed by atoms with Gasteiger partial charge in [0.1, 0.15) is 34.6 Å². The third-order valence-electron chi connectivity index (χ3n) is 8.33. The number of aliphatic hydroxyl groups is 1. The average Bonchev–Trinajstić information content (AvgIpc) is 3.49. The Morgan fingerprint density at radius 2 is 1.57 bits per heavy atom. The van der Waals surface area contributed by atoms with Crippen LogP contribution in [0.5, 0.6) is 11.5 Å². The minimum atomic E-state index is -1.14. The molecule has 0 radical (unpaired) electrons. The molecule has 0 amide bonds. The summed E-state index contributed by atoms with van der Waals surface area (Å²) in [6.07, 6.45) is -0.126. The molecule has 4 aromatic rings. The fourth-order valence-electron chi connectivity index (χ4n) is 5.98. The number of ether oxygens (including phenoxy) is 4. The Balaban J connectivity index is 1.43. The largest absolute Gasteiger partial charge is 0.497 e. The number of anilines is 1.